The van der Waals surface area contributed by atoms with Crippen molar-refractivity contribution in [2.75, 3.05) is 26.7 Å². The number of hydrogen-bond donors (Lipinski definition) is 9. The van der Waals surface area contributed by atoms with Crippen LogP contribution in [-0.4, -0.2) is 190 Å². The molecule has 3 saturated heterocycles. The Bertz CT molecular complexity index is 1810. The average molecular weight is 1010 g/mol. The van der Waals surface area contributed by atoms with Gasteiger partial charge in [-0.25, -0.2) is 19.2 Å². The van der Waals surface area contributed by atoms with Crippen LogP contribution < -0.4 is 32.3 Å². The maximum atomic E-state index is 14.6. The lowest BCUT2D eigenvalue weighted by Crippen LogP contribution is -2.70. The summed E-state index contributed by atoms with van der Waals surface area (Å²) in [4.78, 5) is 69.0. The third-order valence-corrected chi connectivity index (χ3v) is 11.5. The van der Waals surface area contributed by atoms with Gasteiger partial charge in [-0.2, -0.15) is 0 Å². The Morgan fingerprint density at radius 2 is 1.20 bits per heavy atom. The number of nitrogens with one attached hydrogen (secondary N) is 5. The summed E-state index contributed by atoms with van der Waals surface area (Å²) in [6.07, 6.45) is -14.3. The molecule has 24 nitrogen and oxygen atoms in total. The van der Waals surface area contributed by atoms with Gasteiger partial charge in [0, 0.05) is 13.1 Å². The van der Waals surface area contributed by atoms with Crippen LogP contribution in [0.1, 0.15) is 123 Å². The quantitative estimate of drug-likeness (QED) is 0.125. The van der Waals surface area contributed by atoms with E-state index < -0.39 is 143 Å². The Kier molecular flexibility index (Phi) is 18.9. The van der Waals surface area contributed by atoms with Crippen molar-refractivity contribution in [3.05, 3.63) is 0 Å². The first kappa shape index (κ1) is 58.7. The first-order chi connectivity index (χ1) is 31.9. The van der Waals surface area contributed by atoms with Gasteiger partial charge in [-0.1, -0.05) is 0 Å². The fourth-order valence-corrected chi connectivity index (χ4v) is 8.78. The minimum absolute atomic E-state index is 0.0386. The molecule has 70 heavy (non-hydrogen) atoms. The van der Waals surface area contributed by atoms with Gasteiger partial charge in [-0.3, -0.25) is 9.69 Å². The van der Waals surface area contributed by atoms with Crippen molar-refractivity contribution in [1.82, 2.24) is 31.5 Å². The van der Waals surface area contributed by atoms with Gasteiger partial charge in [0.15, 0.2) is 18.7 Å². The van der Waals surface area contributed by atoms with E-state index in [2.05, 4.69) is 26.6 Å². The minimum Gasteiger partial charge on any atom is -0.444 e. The highest BCUT2D eigenvalue weighted by atomic mass is 16.7. The van der Waals surface area contributed by atoms with Gasteiger partial charge in [-0.05, 0) is 130 Å². The first-order valence-electron chi connectivity index (χ1n) is 23.9. The summed E-state index contributed by atoms with van der Waals surface area (Å²) >= 11 is 0. The number of carbonyl (C=O) groups excluding carboxylic acids is 5. The Hall–Kier alpha value is -3.85. The topological polar surface area (TPSA) is 319 Å². The maximum absolute atomic E-state index is 14.6. The predicted molar refractivity (Wildman–Crippen MR) is 250 cm³/mol. The number of amides is 5. The van der Waals surface area contributed by atoms with E-state index in [1.807, 2.05) is 0 Å². The van der Waals surface area contributed by atoms with E-state index in [0.29, 0.717) is 6.42 Å². The lowest BCUT2D eigenvalue weighted by molar-refractivity contribution is -0.309. The van der Waals surface area contributed by atoms with E-state index in [4.69, 9.17) is 48.4 Å². The zero-order valence-electron chi connectivity index (χ0n) is 43.8. The molecule has 4 fully saturated rings. The monoisotopic (exact) mass is 1010 g/mol. The van der Waals surface area contributed by atoms with Crippen LogP contribution in [-0.2, 0) is 47.4 Å². The zero-order valence-corrected chi connectivity index (χ0v) is 43.8. The van der Waals surface area contributed by atoms with E-state index in [-0.39, 0.29) is 32.5 Å². The molecule has 24 heteroatoms. The van der Waals surface area contributed by atoms with Gasteiger partial charge in [0.05, 0.1) is 42.9 Å². The Labute approximate surface area is 411 Å². The average Bonchev–Trinajstić information content (AvgIpc) is 3.46. The molecular weight excluding hydrogens is 923 g/mol. The summed E-state index contributed by atoms with van der Waals surface area (Å²) in [5.74, 6) is -0.783. The van der Waals surface area contributed by atoms with Crippen molar-refractivity contribution in [2.45, 2.75) is 236 Å². The van der Waals surface area contributed by atoms with E-state index in [1.54, 1.807) is 96.9 Å². The van der Waals surface area contributed by atoms with Crippen LogP contribution in [0.3, 0.4) is 0 Å². The summed E-state index contributed by atoms with van der Waals surface area (Å²) in [7, 11) is 1.53. The first-order valence-corrected chi connectivity index (χ1v) is 23.9. The second-order valence-corrected chi connectivity index (χ2v) is 23.1. The van der Waals surface area contributed by atoms with Gasteiger partial charge in [0.25, 0.3) is 5.91 Å². The molecule has 0 unspecified atom stereocenters. The van der Waals surface area contributed by atoms with Crippen LogP contribution in [0.25, 0.3) is 0 Å². The molecule has 0 radical (unpaired) electrons. The Morgan fingerprint density at radius 1 is 0.700 bits per heavy atom. The van der Waals surface area contributed by atoms with Crippen LogP contribution in [0.4, 0.5) is 19.2 Å². The molecule has 3 heterocycles. The number of carbonyl (C=O) groups is 5. The molecule has 3 aliphatic heterocycles. The zero-order chi connectivity index (χ0) is 53.1. The molecule has 10 N–H and O–H groups in total. The van der Waals surface area contributed by atoms with Gasteiger partial charge in [0.2, 0.25) is 0 Å². The highest BCUT2D eigenvalue weighted by molar-refractivity contribution is 5.84. The Morgan fingerprint density at radius 3 is 1.71 bits per heavy atom. The summed E-state index contributed by atoms with van der Waals surface area (Å²) in [6.45, 7) is 24.3. The SMILES string of the molecule is CN[C@@H]1[C@@H](O)[C@@H](O[C@@H]2[C@@H](O)[C@H](O[C@H]3O[C@H](CNC(=O)OC(C)(C)C)CC[C@H]3NC(=O)OC(C)(C)C)[C@@H](NC(=O)OC(C)(C)C)C[C@H]2NC(=O)[C@H]2OC(C)(C)N(C(=O)OC(C)(C)C)[C@H]2CN)OC[C@]1(C)O. The fourth-order valence-electron chi connectivity index (χ4n) is 8.78. The number of ether oxygens (including phenoxy) is 9. The second-order valence-electron chi connectivity index (χ2n) is 23.1. The molecular formula is C46H83N7O17. The second kappa shape index (κ2) is 22.5. The lowest BCUT2D eigenvalue weighted by atomic mass is 9.82. The van der Waals surface area contributed by atoms with Gasteiger partial charge < -0.3 is 90.3 Å². The van der Waals surface area contributed by atoms with Crippen LogP contribution >= 0.6 is 0 Å². The third-order valence-electron chi connectivity index (χ3n) is 11.5. The normalized spacial score (nSPS) is 33.9. The number of aliphatic hydroxyl groups excluding tert-OH is 2. The predicted octanol–water partition coefficient (Wildman–Crippen LogP) is 1.58. The standard InChI is InChI=1S/C46H83N7O17/c1-41(2,3)67-37(57)49-21-23-17-18-24(51-38(58)68-42(4,5)6)35(63-23)64-31-26(52-39(59)69-43(7,8)9)19-25(30(28(31)54)65-36-29(55)33(48-16)46(15,61)22-62-36)50-34(56)32-27(20-47)53(45(13,14)66-32)40(60)70-44(10,11)12/h23-33,35-36,48,54-55,61H,17-22,47H2,1-16H3,(H,49,57)(H,50,56)(H,51,58)(H,52,59)/t23-,24+,25+,26-,27-,28+,29+,30-,31+,32-,33+,35+,36+,46-/m0/s1. The molecule has 404 valence electrons. The Balaban J connectivity index is 1.78. The number of rotatable bonds is 12. The summed E-state index contributed by atoms with van der Waals surface area (Å²) in [5.41, 5.74) is -0.285. The van der Waals surface area contributed by atoms with Crippen molar-refractivity contribution in [1.29, 1.82) is 0 Å². The van der Waals surface area contributed by atoms with Crippen LogP contribution in [0, 0.1) is 0 Å². The maximum Gasteiger partial charge on any atom is 0.412 e. The number of nitrogens with zero attached hydrogens (tertiary/aromatic N) is 1. The van der Waals surface area contributed by atoms with Crippen molar-refractivity contribution in [3.63, 3.8) is 0 Å². The van der Waals surface area contributed by atoms with Crippen LogP contribution in [0.2, 0.25) is 0 Å². The van der Waals surface area contributed by atoms with Crippen LogP contribution in [0.15, 0.2) is 0 Å². The van der Waals surface area contributed by atoms with E-state index in [9.17, 15) is 39.3 Å². The summed E-state index contributed by atoms with van der Waals surface area (Å²) in [6, 6.07) is -5.45. The molecule has 0 aromatic carbocycles. The summed E-state index contributed by atoms with van der Waals surface area (Å²) < 4.78 is 53.8. The van der Waals surface area contributed by atoms with Crippen molar-refractivity contribution in [3.8, 4) is 0 Å². The van der Waals surface area contributed by atoms with Crippen molar-refractivity contribution in [2.24, 2.45) is 5.73 Å². The van der Waals surface area contributed by atoms with Crippen LogP contribution in [0.5, 0.6) is 0 Å². The van der Waals surface area contributed by atoms with E-state index >= 15 is 0 Å². The molecule has 5 amide bonds. The molecule has 0 bridgehead atoms. The van der Waals surface area contributed by atoms with Gasteiger partial charge in [-0.15, -0.1) is 0 Å². The smallest absolute Gasteiger partial charge is 0.412 e. The number of aliphatic hydroxyl groups is 3. The molecule has 1 aliphatic carbocycles. The largest absolute Gasteiger partial charge is 0.444 e. The van der Waals surface area contributed by atoms with Gasteiger partial charge in [0.1, 0.15) is 58.1 Å². The van der Waals surface area contributed by atoms with E-state index in [1.165, 1.54) is 18.9 Å². The fraction of sp³-hybridized carbons (Fsp3) is 0.891. The highest BCUT2D eigenvalue weighted by Crippen LogP contribution is 2.37. The number of hydrogen-bond acceptors (Lipinski definition) is 19. The molecule has 4 aliphatic rings. The summed E-state index contributed by atoms with van der Waals surface area (Å²) in [5, 5.41) is 49.3. The lowest BCUT2D eigenvalue weighted by Gasteiger charge is -2.49. The number of likely N-dealkylation sites (N-methyl/N-ethyl adjacent to an activating group) is 1. The molecule has 0 spiro atoms. The molecule has 1 saturated carbocycles. The van der Waals surface area contributed by atoms with Crippen molar-refractivity contribution >= 4 is 30.3 Å². The number of nitrogens with two attached hydrogens (primary N) is 1. The minimum atomic E-state index is -1.83. The van der Waals surface area contributed by atoms with Gasteiger partial charge >= 0.3 is 24.4 Å². The molecule has 0 aromatic rings. The number of alkyl carbamates (subject to hydrolysis) is 3. The van der Waals surface area contributed by atoms with E-state index in [0.717, 1.165) is 0 Å². The highest BCUT2D eigenvalue weighted by Gasteiger charge is 2.57. The molecule has 0 aromatic heterocycles. The molecule has 4 rings (SSSR count). The van der Waals surface area contributed by atoms with Crippen molar-refractivity contribution < 1.29 is 81.9 Å². The third kappa shape index (κ3) is 16.3. The molecule has 14 atom stereocenters.